The number of methoxy groups -OCH3 is 2. The molecule has 1 N–H and O–H groups in total. The van der Waals surface area contributed by atoms with Gasteiger partial charge in [0.15, 0.2) is 0 Å². The highest BCUT2D eigenvalue weighted by atomic mass is 35.5. The van der Waals surface area contributed by atoms with Crippen LogP contribution in [0.1, 0.15) is 31.4 Å². The van der Waals surface area contributed by atoms with Crippen molar-refractivity contribution in [1.82, 2.24) is 10.2 Å². The van der Waals surface area contributed by atoms with Crippen molar-refractivity contribution in [2.45, 2.75) is 45.3 Å². The Morgan fingerprint density at radius 3 is 2.26 bits per heavy atom. The Kier molecular flexibility index (Phi) is 12.1. The summed E-state index contributed by atoms with van der Waals surface area (Å²) >= 11 is 12.6. The molecule has 0 unspecified atom stereocenters. The van der Waals surface area contributed by atoms with Gasteiger partial charge in [-0.3, -0.25) is 13.9 Å². The lowest BCUT2D eigenvalue weighted by atomic mass is 10.0. The van der Waals surface area contributed by atoms with Gasteiger partial charge in [0.05, 0.1) is 26.2 Å². The lowest BCUT2D eigenvalue weighted by molar-refractivity contribution is -0.140. The largest absolute Gasteiger partial charge is 0.497 e. The van der Waals surface area contributed by atoms with E-state index in [-0.39, 0.29) is 36.4 Å². The van der Waals surface area contributed by atoms with Gasteiger partial charge in [-0.2, -0.15) is 0 Å². The van der Waals surface area contributed by atoms with E-state index in [1.165, 1.54) is 25.2 Å². The van der Waals surface area contributed by atoms with Crippen LogP contribution in [0.25, 0.3) is 0 Å². The van der Waals surface area contributed by atoms with Gasteiger partial charge in [-0.25, -0.2) is 8.42 Å². The second-order valence-corrected chi connectivity index (χ2v) is 12.8. The minimum absolute atomic E-state index is 0.0763. The molecule has 232 valence electrons. The third-order valence-electron chi connectivity index (χ3n) is 6.96. The number of carbonyl (C=O) groups excluding carboxylic acids is 2. The molecule has 43 heavy (non-hydrogen) atoms. The summed E-state index contributed by atoms with van der Waals surface area (Å²) in [5, 5.41) is 3.71. The highest BCUT2D eigenvalue weighted by molar-refractivity contribution is 7.92. The van der Waals surface area contributed by atoms with Crippen LogP contribution in [0.4, 0.5) is 5.69 Å². The summed E-state index contributed by atoms with van der Waals surface area (Å²) in [6, 6.07) is 17.7. The molecule has 0 saturated heterocycles. The molecule has 0 saturated carbocycles. The van der Waals surface area contributed by atoms with Gasteiger partial charge in [-0.1, -0.05) is 66.5 Å². The van der Waals surface area contributed by atoms with Gasteiger partial charge in [0.25, 0.3) is 0 Å². The molecule has 12 heteroatoms. The fourth-order valence-electron chi connectivity index (χ4n) is 4.41. The van der Waals surface area contributed by atoms with Gasteiger partial charge in [0.2, 0.25) is 21.8 Å². The molecule has 0 heterocycles. The molecule has 0 bridgehead atoms. The van der Waals surface area contributed by atoms with E-state index in [2.05, 4.69) is 5.32 Å². The topological polar surface area (TPSA) is 105 Å². The van der Waals surface area contributed by atoms with Gasteiger partial charge in [0, 0.05) is 35.1 Å². The van der Waals surface area contributed by atoms with Crippen LogP contribution in [-0.2, 0) is 32.6 Å². The quantitative estimate of drug-likeness (QED) is 0.253. The Hall–Kier alpha value is -3.47. The number of hydrogen-bond donors (Lipinski definition) is 1. The fraction of sp³-hybridized carbons (Fsp3) is 0.355. The van der Waals surface area contributed by atoms with Gasteiger partial charge >= 0.3 is 0 Å². The molecule has 2 amide bonds. The van der Waals surface area contributed by atoms with Crippen molar-refractivity contribution in [3.05, 3.63) is 87.9 Å². The smallest absolute Gasteiger partial charge is 0.244 e. The average molecular weight is 651 g/mol. The standard InChI is InChI=1S/C31H37Cl2N3O6S/c1-6-21(2)34-31(38)28(16-22-10-8-7-9-11-22)35(19-23-12-13-24(32)17-26(23)33)30(37)20-36(43(5,39)40)27-18-25(41-3)14-15-29(27)42-4/h7-15,17-18,21,28H,6,16,19-20H2,1-5H3,(H,34,38)/t21-,28-/m0/s1. The van der Waals surface area contributed by atoms with E-state index >= 15 is 0 Å². The zero-order valence-electron chi connectivity index (χ0n) is 24.8. The molecule has 0 fully saturated rings. The van der Waals surface area contributed by atoms with Crippen LogP contribution in [0.15, 0.2) is 66.7 Å². The third-order valence-corrected chi connectivity index (χ3v) is 8.68. The summed E-state index contributed by atoms with van der Waals surface area (Å²) < 4.78 is 37.9. The minimum atomic E-state index is -4.01. The lowest BCUT2D eigenvalue weighted by Crippen LogP contribution is -2.54. The zero-order chi connectivity index (χ0) is 31.7. The second kappa shape index (κ2) is 15.3. The maximum atomic E-state index is 14.3. The Morgan fingerprint density at radius 2 is 1.67 bits per heavy atom. The van der Waals surface area contributed by atoms with Crippen molar-refractivity contribution in [1.29, 1.82) is 0 Å². The number of hydrogen-bond acceptors (Lipinski definition) is 6. The molecule has 0 aromatic heterocycles. The predicted molar refractivity (Wildman–Crippen MR) is 171 cm³/mol. The van der Waals surface area contributed by atoms with Crippen molar-refractivity contribution >= 4 is 50.7 Å². The summed E-state index contributed by atoms with van der Waals surface area (Å²) in [6.07, 6.45) is 1.86. The number of rotatable bonds is 14. The number of nitrogens with zero attached hydrogens (tertiary/aromatic N) is 2. The molecule has 0 aliphatic carbocycles. The summed E-state index contributed by atoms with van der Waals surface area (Å²) in [6.45, 7) is 3.13. The molecular formula is C31H37Cl2N3O6S. The summed E-state index contributed by atoms with van der Waals surface area (Å²) in [5.74, 6) is -0.402. The maximum absolute atomic E-state index is 14.3. The number of carbonyl (C=O) groups is 2. The molecular weight excluding hydrogens is 613 g/mol. The molecule has 3 aromatic rings. The minimum Gasteiger partial charge on any atom is -0.497 e. The van der Waals surface area contributed by atoms with Gasteiger partial charge < -0.3 is 19.7 Å². The highest BCUT2D eigenvalue weighted by Crippen LogP contribution is 2.34. The Bertz CT molecular complexity index is 1520. The number of sulfonamides is 1. The zero-order valence-corrected chi connectivity index (χ0v) is 27.2. The SMILES string of the molecule is CC[C@H](C)NC(=O)[C@H](Cc1ccccc1)N(Cc1ccc(Cl)cc1Cl)C(=O)CN(c1cc(OC)ccc1OC)S(C)(=O)=O. The summed E-state index contributed by atoms with van der Waals surface area (Å²) in [5.41, 5.74) is 1.48. The first-order chi connectivity index (χ1) is 20.4. The molecule has 3 rings (SSSR count). The van der Waals surface area contributed by atoms with E-state index in [1.54, 1.807) is 30.3 Å². The number of ether oxygens (including phenoxy) is 2. The molecule has 0 radical (unpaired) electrons. The Balaban J connectivity index is 2.14. The first-order valence-corrected chi connectivity index (χ1v) is 16.3. The number of amides is 2. The van der Waals surface area contributed by atoms with E-state index in [1.807, 2.05) is 44.2 Å². The Labute approximate surface area is 263 Å². The summed E-state index contributed by atoms with van der Waals surface area (Å²) in [7, 11) is -1.16. The van der Waals surface area contributed by atoms with Crippen molar-refractivity contribution in [3.63, 3.8) is 0 Å². The van der Waals surface area contributed by atoms with Crippen LogP contribution in [0, 0.1) is 0 Å². The van der Waals surface area contributed by atoms with Crippen molar-refractivity contribution < 1.29 is 27.5 Å². The molecule has 2 atom stereocenters. The fourth-order valence-corrected chi connectivity index (χ4v) is 5.73. The second-order valence-electron chi connectivity index (χ2n) is 10.1. The van der Waals surface area contributed by atoms with Crippen LogP contribution in [0.3, 0.4) is 0 Å². The van der Waals surface area contributed by atoms with Crippen molar-refractivity contribution in [3.8, 4) is 11.5 Å². The van der Waals surface area contributed by atoms with Crippen LogP contribution in [0.2, 0.25) is 10.0 Å². The van der Waals surface area contributed by atoms with Crippen molar-refractivity contribution in [2.24, 2.45) is 0 Å². The highest BCUT2D eigenvalue weighted by Gasteiger charge is 2.34. The van der Waals surface area contributed by atoms with E-state index < -0.39 is 28.5 Å². The Morgan fingerprint density at radius 1 is 0.977 bits per heavy atom. The van der Waals surface area contributed by atoms with Crippen molar-refractivity contribution in [2.75, 3.05) is 31.3 Å². The molecule has 3 aromatic carbocycles. The number of anilines is 1. The lowest BCUT2D eigenvalue weighted by Gasteiger charge is -2.34. The van der Waals surface area contributed by atoms with Gasteiger partial charge in [-0.15, -0.1) is 0 Å². The number of benzene rings is 3. The first-order valence-electron chi connectivity index (χ1n) is 13.6. The maximum Gasteiger partial charge on any atom is 0.244 e. The normalized spacial score (nSPS) is 12.6. The van der Waals surface area contributed by atoms with E-state index in [0.717, 1.165) is 16.1 Å². The van der Waals surface area contributed by atoms with Gasteiger partial charge in [0.1, 0.15) is 24.1 Å². The number of nitrogens with one attached hydrogen (secondary N) is 1. The molecule has 0 aliphatic heterocycles. The molecule has 9 nitrogen and oxygen atoms in total. The first kappa shape index (κ1) is 34.0. The third kappa shape index (κ3) is 9.26. The van der Waals surface area contributed by atoms with E-state index in [9.17, 15) is 18.0 Å². The van der Waals surface area contributed by atoms with E-state index in [4.69, 9.17) is 32.7 Å². The van der Waals surface area contributed by atoms with Crippen LogP contribution < -0.4 is 19.1 Å². The number of halogens is 2. The van der Waals surface area contributed by atoms with E-state index in [0.29, 0.717) is 27.8 Å². The monoisotopic (exact) mass is 649 g/mol. The predicted octanol–water partition coefficient (Wildman–Crippen LogP) is 5.33. The van der Waals surface area contributed by atoms with Gasteiger partial charge in [-0.05, 0) is 48.7 Å². The van der Waals surface area contributed by atoms with Crippen LogP contribution in [-0.4, -0.2) is 64.2 Å². The average Bonchev–Trinajstić information content (AvgIpc) is 2.97. The molecule has 0 aliphatic rings. The van der Waals surface area contributed by atoms with Crippen LogP contribution in [0.5, 0.6) is 11.5 Å². The molecule has 0 spiro atoms. The summed E-state index contributed by atoms with van der Waals surface area (Å²) in [4.78, 5) is 29.5. The van der Waals surface area contributed by atoms with Crippen LogP contribution >= 0.6 is 23.2 Å².